The lowest BCUT2D eigenvalue weighted by Gasteiger charge is -2.22. The summed E-state index contributed by atoms with van der Waals surface area (Å²) >= 11 is 0. The van der Waals surface area contributed by atoms with Crippen LogP contribution in [0.3, 0.4) is 0 Å². The van der Waals surface area contributed by atoms with Gasteiger partial charge in [-0.25, -0.2) is 4.79 Å². The Balaban J connectivity index is 1.76. The molecule has 2 aliphatic carbocycles. The summed E-state index contributed by atoms with van der Waals surface area (Å²) in [6.45, 7) is 0. The second-order valence-electron chi connectivity index (χ2n) is 6.95. The molecule has 2 aromatic rings. The molecule has 1 fully saturated rings. The van der Waals surface area contributed by atoms with E-state index in [0.717, 1.165) is 37.7 Å². The number of aliphatic carboxylic acids is 1. The maximum Gasteiger partial charge on any atom is 0.331 e. The predicted octanol–water partition coefficient (Wildman–Crippen LogP) is 5.31. The van der Waals surface area contributed by atoms with Crippen LogP contribution in [0.1, 0.15) is 48.8 Å². The molecule has 0 aliphatic heterocycles. The van der Waals surface area contributed by atoms with Crippen molar-refractivity contribution in [2.75, 3.05) is 0 Å². The quantitative estimate of drug-likeness (QED) is 0.665. The third-order valence-electron chi connectivity index (χ3n) is 5.49. The molecule has 2 aromatic carbocycles. The normalized spacial score (nSPS) is 17.4. The highest BCUT2D eigenvalue weighted by atomic mass is 16.4. The molecule has 0 spiro atoms. The number of carbonyl (C=O) groups is 1. The molecule has 122 valence electrons. The van der Waals surface area contributed by atoms with E-state index < -0.39 is 5.97 Å². The molecule has 1 N–H and O–H groups in total. The molecule has 4 rings (SSSR count). The lowest BCUT2D eigenvalue weighted by Crippen LogP contribution is -2.15. The van der Waals surface area contributed by atoms with Gasteiger partial charge in [-0.05, 0) is 59.1 Å². The molecular weight excluding hydrogens is 296 g/mol. The molecule has 0 heterocycles. The van der Waals surface area contributed by atoms with Crippen LogP contribution < -0.4 is 0 Å². The monoisotopic (exact) mass is 318 g/mol. The smallest absolute Gasteiger partial charge is 0.331 e. The van der Waals surface area contributed by atoms with Gasteiger partial charge in [0.05, 0.1) is 0 Å². The van der Waals surface area contributed by atoms with Gasteiger partial charge in [-0.15, -0.1) is 0 Å². The largest absolute Gasteiger partial charge is 0.478 e. The summed E-state index contributed by atoms with van der Waals surface area (Å²) in [7, 11) is 0. The van der Waals surface area contributed by atoms with Crippen molar-refractivity contribution >= 4 is 12.0 Å². The fraction of sp³-hybridized carbons (Fsp3) is 0.318. The van der Waals surface area contributed by atoms with Gasteiger partial charge in [0.25, 0.3) is 0 Å². The van der Waals surface area contributed by atoms with Crippen LogP contribution in [0.15, 0.2) is 48.0 Å². The molecule has 0 atom stereocenters. The molecule has 2 nitrogen and oxygen atoms in total. The second kappa shape index (κ2) is 6.27. The van der Waals surface area contributed by atoms with Gasteiger partial charge in [-0.3, -0.25) is 0 Å². The average molecular weight is 318 g/mol. The Labute approximate surface area is 142 Å². The molecule has 0 saturated heterocycles. The van der Waals surface area contributed by atoms with Crippen molar-refractivity contribution in [2.45, 2.75) is 38.5 Å². The van der Waals surface area contributed by atoms with E-state index in [1.54, 1.807) is 0 Å². The highest BCUT2D eigenvalue weighted by molar-refractivity contribution is 5.94. The average Bonchev–Trinajstić information content (AvgIpc) is 2.99. The lowest BCUT2D eigenvalue weighted by molar-refractivity contribution is -0.133. The number of carboxylic acids is 1. The minimum absolute atomic E-state index is 0.205. The zero-order valence-electron chi connectivity index (χ0n) is 13.8. The summed E-state index contributed by atoms with van der Waals surface area (Å²) in [5.74, 6) is -0.550. The van der Waals surface area contributed by atoms with Crippen molar-refractivity contribution in [1.82, 2.24) is 0 Å². The Hall–Kier alpha value is -2.35. The van der Waals surface area contributed by atoms with Gasteiger partial charge in [0.15, 0.2) is 0 Å². The van der Waals surface area contributed by atoms with Crippen molar-refractivity contribution in [2.24, 2.45) is 5.92 Å². The molecule has 1 saturated carbocycles. The van der Waals surface area contributed by atoms with Gasteiger partial charge in [0, 0.05) is 5.57 Å². The molecule has 24 heavy (non-hydrogen) atoms. The topological polar surface area (TPSA) is 37.3 Å². The number of carboxylic acid groups (broad SMARTS) is 1. The Bertz CT molecular complexity index is 810. The number of fused-ring (bicyclic) bond motifs is 3. The third-order valence-corrected chi connectivity index (χ3v) is 5.49. The van der Waals surface area contributed by atoms with Crippen molar-refractivity contribution < 1.29 is 9.90 Å². The van der Waals surface area contributed by atoms with Crippen LogP contribution >= 0.6 is 0 Å². The number of rotatable bonds is 3. The fourth-order valence-corrected chi connectivity index (χ4v) is 4.25. The van der Waals surface area contributed by atoms with E-state index in [1.165, 1.54) is 28.7 Å². The molecule has 0 bridgehead atoms. The van der Waals surface area contributed by atoms with E-state index in [-0.39, 0.29) is 5.92 Å². The van der Waals surface area contributed by atoms with E-state index in [2.05, 4.69) is 36.4 Å². The van der Waals surface area contributed by atoms with Crippen LogP contribution in [0.2, 0.25) is 0 Å². The Kier molecular flexibility index (Phi) is 3.97. The second-order valence-corrected chi connectivity index (χ2v) is 6.95. The fourth-order valence-electron chi connectivity index (χ4n) is 4.25. The van der Waals surface area contributed by atoms with Crippen LogP contribution in [0.5, 0.6) is 0 Å². The van der Waals surface area contributed by atoms with Gasteiger partial charge in [0.2, 0.25) is 0 Å². The third kappa shape index (κ3) is 2.66. The van der Waals surface area contributed by atoms with Gasteiger partial charge >= 0.3 is 5.97 Å². The Morgan fingerprint density at radius 2 is 1.71 bits per heavy atom. The predicted molar refractivity (Wildman–Crippen MR) is 96.9 cm³/mol. The molecular formula is C22H22O2. The molecule has 0 radical (unpaired) electrons. The first-order chi connectivity index (χ1) is 11.7. The van der Waals surface area contributed by atoms with E-state index in [0.29, 0.717) is 5.57 Å². The Morgan fingerprint density at radius 3 is 2.50 bits per heavy atom. The molecule has 0 aromatic heterocycles. The maximum absolute atomic E-state index is 11.9. The first kappa shape index (κ1) is 15.2. The van der Waals surface area contributed by atoms with E-state index in [1.807, 2.05) is 12.1 Å². The summed E-state index contributed by atoms with van der Waals surface area (Å²) in [6, 6.07) is 14.7. The number of hydrogen-bond acceptors (Lipinski definition) is 1. The SMILES string of the molecule is O=C(O)C(=Cc1cccc2c1Cc1ccccc1-2)C1CCCCC1. The van der Waals surface area contributed by atoms with Crippen LogP contribution in [-0.2, 0) is 11.2 Å². The van der Waals surface area contributed by atoms with Crippen LogP contribution in [0.25, 0.3) is 17.2 Å². The van der Waals surface area contributed by atoms with Crippen LogP contribution in [0, 0.1) is 5.92 Å². The van der Waals surface area contributed by atoms with Gasteiger partial charge in [0.1, 0.15) is 0 Å². The van der Waals surface area contributed by atoms with E-state index in [9.17, 15) is 9.90 Å². The summed E-state index contributed by atoms with van der Waals surface area (Å²) in [6.07, 6.45) is 8.39. The Morgan fingerprint density at radius 1 is 0.958 bits per heavy atom. The lowest BCUT2D eigenvalue weighted by atomic mass is 9.82. The summed E-state index contributed by atoms with van der Waals surface area (Å²) in [5, 5.41) is 9.74. The van der Waals surface area contributed by atoms with Gasteiger partial charge in [-0.2, -0.15) is 0 Å². The number of hydrogen-bond donors (Lipinski definition) is 1. The van der Waals surface area contributed by atoms with Crippen molar-refractivity contribution in [1.29, 1.82) is 0 Å². The minimum Gasteiger partial charge on any atom is -0.478 e. The highest BCUT2D eigenvalue weighted by Crippen LogP contribution is 2.39. The van der Waals surface area contributed by atoms with Gasteiger partial charge in [-0.1, -0.05) is 61.7 Å². The van der Waals surface area contributed by atoms with Crippen molar-refractivity contribution in [3.63, 3.8) is 0 Å². The summed E-state index contributed by atoms with van der Waals surface area (Å²) in [4.78, 5) is 11.9. The molecule has 2 aliphatic rings. The highest BCUT2D eigenvalue weighted by Gasteiger charge is 2.25. The first-order valence-corrected chi connectivity index (χ1v) is 8.89. The van der Waals surface area contributed by atoms with Crippen LogP contribution in [-0.4, -0.2) is 11.1 Å². The number of benzene rings is 2. The first-order valence-electron chi connectivity index (χ1n) is 8.89. The van der Waals surface area contributed by atoms with Crippen LogP contribution in [0.4, 0.5) is 0 Å². The maximum atomic E-state index is 11.9. The standard InChI is InChI=1S/C22H22O2/c23-22(24)21(15-7-2-1-3-8-15)14-17-10-6-12-19-18-11-5-4-9-16(18)13-20(17)19/h4-6,9-12,14-15H,1-3,7-8,13H2,(H,23,24). The van der Waals surface area contributed by atoms with E-state index in [4.69, 9.17) is 0 Å². The zero-order chi connectivity index (χ0) is 16.5. The summed E-state index contributed by atoms with van der Waals surface area (Å²) < 4.78 is 0. The van der Waals surface area contributed by atoms with Crippen molar-refractivity contribution in [3.8, 4) is 11.1 Å². The van der Waals surface area contributed by atoms with Gasteiger partial charge < -0.3 is 5.11 Å². The van der Waals surface area contributed by atoms with Crippen molar-refractivity contribution in [3.05, 3.63) is 64.7 Å². The molecule has 2 heteroatoms. The van der Waals surface area contributed by atoms with E-state index >= 15 is 0 Å². The minimum atomic E-state index is -0.755. The summed E-state index contributed by atoms with van der Waals surface area (Å²) in [5.41, 5.74) is 6.83. The molecule has 0 amide bonds. The molecule has 0 unspecified atom stereocenters. The zero-order valence-corrected chi connectivity index (χ0v) is 13.8.